The molecule has 2 heterocycles. The number of nitrogens with zero attached hydrogens (tertiary/aromatic N) is 2. The molecule has 0 bridgehead atoms. The summed E-state index contributed by atoms with van der Waals surface area (Å²) in [4.78, 5) is 0. The molecule has 0 saturated carbocycles. The minimum Gasteiger partial charge on any atom is -0.353 e. The highest BCUT2D eigenvalue weighted by Crippen LogP contribution is 2.26. The summed E-state index contributed by atoms with van der Waals surface area (Å²) in [5.41, 5.74) is 7.34. The Morgan fingerprint density at radius 3 is 2.84 bits per heavy atom. The Labute approximate surface area is 113 Å². The molecule has 4 heteroatoms. The quantitative estimate of drug-likeness (QED) is 0.867. The van der Waals surface area contributed by atoms with Gasteiger partial charge in [-0.1, -0.05) is 6.07 Å². The average Bonchev–Trinajstić information content (AvgIpc) is 2.65. The number of rotatable bonds is 2. The Morgan fingerprint density at radius 1 is 1.26 bits per heavy atom. The number of nitrogens with one attached hydrogen (secondary N) is 2. The van der Waals surface area contributed by atoms with Crippen LogP contribution in [0.2, 0.25) is 0 Å². The molecule has 2 N–H and O–H groups in total. The first-order valence-electron chi connectivity index (χ1n) is 6.75. The summed E-state index contributed by atoms with van der Waals surface area (Å²) in [5.74, 6) is 0. The first-order chi connectivity index (χ1) is 9.15. The molecule has 0 spiro atoms. The zero-order valence-corrected chi connectivity index (χ0v) is 11.7. The largest absolute Gasteiger partial charge is 0.353 e. The molecule has 100 valence electrons. The summed E-state index contributed by atoms with van der Waals surface area (Å²) in [6, 6.07) is 6.63. The van der Waals surface area contributed by atoms with E-state index in [2.05, 4.69) is 40.9 Å². The Hall–Kier alpha value is -1.81. The molecule has 0 atom stereocenters. The van der Waals surface area contributed by atoms with Crippen molar-refractivity contribution < 1.29 is 0 Å². The highest BCUT2D eigenvalue weighted by molar-refractivity contribution is 5.65. The van der Waals surface area contributed by atoms with Crippen LogP contribution in [0.4, 0.5) is 11.4 Å². The van der Waals surface area contributed by atoms with Gasteiger partial charge in [-0.25, -0.2) is 0 Å². The molecule has 4 nitrogen and oxygen atoms in total. The lowest BCUT2D eigenvalue weighted by Gasteiger charge is -2.18. The Balaban J connectivity index is 1.91. The maximum Gasteiger partial charge on any atom is 0.0831 e. The monoisotopic (exact) mass is 256 g/mol. The summed E-state index contributed by atoms with van der Waals surface area (Å²) >= 11 is 0. The predicted octanol–water partition coefficient (Wildman–Crippen LogP) is 2.43. The molecular formula is C15H20N4. The van der Waals surface area contributed by atoms with Crippen molar-refractivity contribution >= 4 is 11.4 Å². The normalized spacial score (nSPS) is 14.3. The van der Waals surface area contributed by atoms with Crippen LogP contribution in [0, 0.1) is 13.8 Å². The van der Waals surface area contributed by atoms with Crippen molar-refractivity contribution in [1.29, 1.82) is 0 Å². The predicted molar refractivity (Wildman–Crippen MR) is 77.8 cm³/mol. The number of aryl methyl sites for hydroxylation is 2. The Bertz CT molecular complexity index is 613. The fourth-order valence-electron chi connectivity index (χ4n) is 2.65. The second-order valence-corrected chi connectivity index (χ2v) is 5.20. The van der Waals surface area contributed by atoms with Gasteiger partial charge in [0.2, 0.25) is 0 Å². The highest BCUT2D eigenvalue weighted by atomic mass is 15.3. The standard InChI is InChI=1S/C15H20N4/c1-10-15(11(2)19(3)18-10)17-14-5-4-13-9-16-7-6-12(13)8-14/h4-5,8,16-17H,6-7,9H2,1-3H3. The van der Waals surface area contributed by atoms with Crippen molar-refractivity contribution in [2.24, 2.45) is 7.05 Å². The summed E-state index contributed by atoms with van der Waals surface area (Å²) in [6.07, 6.45) is 1.11. The molecular weight excluding hydrogens is 236 g/mol. The number of hydrogen-bond acceptors (Lipinski definition) is 3. The smallest absolute Gasteiger partial charge is 0.0831 e. The van der Waals surface area contributed by atoms with Crippen LogP contribution in [0.1, 0.15) is 22.5 Å². The number of benzene rings is 1. The second kappa shape index (κ2) is 4.70. The molecule has 1 aromatic heterocycles. The third kappa shape index (κ3) is 2.24. The number of fused-ring (bicyclic) bond motifs is 1. The summed E-state index contributed by atoms with van der Waals surface area (Å²) in [6.45, 7) is 6.18. The maximum atomic E-state index is 4.44. The molecule has 2 aromatic rings. The van der Waals surface area contributed by atoms with E-state index in [1.54, 1.807) is 0 Å². The first kappa shape index (κ1) is 12.2. The topological polar surface area (TPSA) is 41.9 Å². The number of anilines is 2. The van der Waals surface area contributed by atoms with Gasteiger partial charge in [-0.2, -0.15) is 5.10 Å². The Morgan fingerprint density at radius 2 is 2.11 bits per heavy atom. The fourth-order valence-corrected chi connectivity index (χ4v) is 2.65. The zero-order valence-electron chi connectivity index (χ0n) is 11.7. The van der Waals surface area contributed by atoms with Crippen molar-refractivity contribution in [2.45, 2.75) is 26.8 Å². The van der Waals surface area contributed by atoms with Gasteiger partial charge in [0.1, 0.15) is 0 Å². The van der Waals surface area contributed by atoms with Crippen LogP contribution in [0.5, 0.6) is 0 Å². The van der Waals surface area contributed by atoms with Crippen LogP contribution in [-0.4, -0.2) is 16.3 Å². The van der Waals surface area contributed by atoms with E-state index in [1.807, 2.05) is 18.7 Å². The molecule has 0 amide bonds. The number of hydrogen-bond donors (Lipinski definition) is 2. The van der Waals surface area contributed by atoms with Gasteiger partial charge in [0, 0.05) is 19.3 Å². The first-order valence-corrected chi connectivity index (χ1v) is 6.75. The highest BCUT2D eigenvalue weighted by Gasteiger charge is 2.12. The molecule has 0 unspecified atom stereocenters. The molecule has 0 fully saturated rings. The second-order valence-electron chi connectivity index (χ2n) is 5.20. The van der Waals surface area contributed by atoms with Gasteiger partial charge in [0.25, 0.3) is 0 Å². The van der Waals surface area contributed by atoms with E-state index < -0.39 is 0 Å². The fraction of sp³-hybridized carbons (Fsp3) is 0.400. The van der Waals surface area contributed by atoms with E-state index in [0.717, 1.165) is 42.3 Å². The van der Waals surface area contributed by atoms with Crippen LogP contribution in [0.15, 0.2) is 18.2 Å². The molecule has 1 aliphatic heterocycles. The molecule has 0 radical (unpaired) electrons. The maximum absolute atomic E-state index is 4.44. The van der Waals surface area contributed by atoms with E-state index in [0.29, 0.717) is 0 Å². The van der Waals surface area contributed by atoms with Gasteiger partial charge in [0.15, 0.2) is 0 Å². The van der Waals surface area contributed by atoms with Crippen molar-refractivity contribution in [3.8, 4) is 0 Å². The third-order valence-corrected chi connectivity index (χ3v) is 3.87. The lowest BCUT2D eigenvalue weighted by molar-refractivity contribution is 0.644. The molecule has 1 aromatic carbocycles. The molecule has 19 heavy (non-hydrogen) atoms. The van der Waals surface area contributed by atoms with Gasteiger partial charge in [-0.05, 0) is 50.1 Å². The van der Waals surface area contributed by atoms with Gasteiger partial charge >= 0.3 is 0 Å². The van der Waals surface area contributed by atoms with Crippen molar-refractivity contribution in [3.63, 3.8) is 0 Å². The third-order valence-electron chi connectivity index (χ3n) is 3.87. The van der Waals surface area contributed by atoms with Crippen LogP contribution >= 0.6 is 0 Å². The summed E-state index contributed by atoms with van der Waals surface area (Å²) < 4.78 is 1.92. The van der Waals surface area contributed by atoms with E-state index in [-0.39, 0.29) is 0 Å². The van der Waals surface area contributed by atoms with Crippen LogP contribution in [0.3, 0.4) is 0 Å². The SMILES string of the molecule is Cc1nn(C)c(C)c1Nc1ccc2c(c1)CCNC2. The number of aromatic nitrogens is 2. The molecule has 3 rings (SSSR count). The van der Waals surface area contributed by atoms with E-state index in [4.69, 9.17) is 0 Å². The van der Waals surface area contributed by atoms with Gasteiger partial charge in [-0.3, -0.25) is 4.68 Å². The van der Waals surface area contributed by atoms with E-state index in [1.165, 1.54) is 11.1 Å². The van der Waals surface area contributed by atoms with Crippen molar-refractivity contribution in [1.82, 2.24) is 15.1 Å². The van der Waals surface area contributed by atoms with Gasteiger partial charge < -0.3 is 10.6 Å². The van der Waals surface area contributed by atoms with E-state index in [9.17, 15) is 0 Å². The summed E-state index contributed by atoms with van der Waals surface area (Å²) in [5, 5.41) is 11.3. The molecule has 0 aliphatic carbocycles. The van der Waals surface area contributed by atoms with Crippen LogP contribution in [-0.2, 0) is 20.0 Å². The van der Waals surface area contributed by atoms with Gasteiger partial charge in [-0.15, -0.1) is 0 Å². The zero-order chi connectivity index (χ0) is 13.4. The summed E-state index contributed by atoms with van der Waals surface area (Å²) in [7, 11) is 1.98. The van der Waals surface area contributed by atoms with Gasteiger partial charge in [0.05, 0.1) is 17.1 Å². The van der Waals surface area contributed by atoms with Crippen LogP contribution < -0.4 is 10.6 Å². The van der Waals surface area contributed by atoms with Crippen LogP contribution in [0.25, 0.3) is 0 Å². The Kier molecular flexibility index (Phi) is 3.03. The van der Waals surface area contributed by atoms with E-state index >= 15 is 0 Å². The lowest BCUT2D eigenvalue weighted by atomic mass is 10.0. The molecule has 1 aliphatic rings. The van der Waals surface area contributed by atoms with Crippen molar-refractivity contribution in [2.75, 3.05) is 11.9 Å². The minimum atomic E-state index is 0.987. The average molecular weight is 256 g/mol. The lowest BCUT2D eigenvalue weighted by Crippen LogP contribution is -2.23. The molecule has 0 saturated heterocycles. The minimum absolute atomic E-state index is 0.987. The van der Waals surface area contributed by atoms with Crippen molar-refractivity contribution in [3.05, 3.63) is 40.7 Å².